The summed E-state index contributed by atoms with van der Waals surface area (Å²) in [5.74, 6) is 0. The van der Waals surface area contributed by atoms with Crippen molar-refractivity contribution in [3.63, 3.8) is 0 Å². The van der Waals surface area contributed by atoms with Gasteiger partial charge >= 0.3 is 0 Å². The lowest BCUT2D eigenvalue weighted by molar-refractivity contribution is 1.16. The number of hydrogen-bond acceptors (Lipinski definition) is 2. The monoisotopic (exact) mass is 813 g/mol. The van der Waals surface area contributed by atoms with E-state index in [4.69, 9.17) is 0 Å². The van der Waals surface area contributed by atoms with Crippen molar-refractivity contribution >= 4 is 92.2 Å². The summed E-state index contributed by atoms with van der Waals surface area (Å²) in [5, 5.41) is 7.74. The van der Waals surface area contributed by atoms with Gasteiger partial charge in [0.25, 0.3) is 0 Å². The third-order valence-electron chi connectivity index (χ3n) is 12.7. The van der Waals surface area contributed by atoms with Gasteiger partial charge in [0, 0.05) is 70.0 Å². The molecule has 3 nitrogen and oxygen atoms in total. The number of thiophene rings is 1. The number of nitrogens with zero attached hydrogens (tertiary/aromatic N) is 3. The Kier molecular flexibility index (Phi) is 8.28. The molecule has 0 saturated carbocycles. The van der Waals surface area contributed by atoms with Crippen molar-refractivity contribution in [2.45, 2.75) is 27.7 Å². The average molecular weight is 814 g/mol. The molecule has 12 rings (SSSR count). The van der Waals surface area contributed by atoms with Gasteiger partial charge < -0.3 is 14.0 Å². The van der Waals surface area contributed by atoms with Gasteiger partial charge in [0.1, 0.15) is 0 Å². The van der Waals surface area contributed by atoms with Crippen molar-refractivity contribution in [3.05, 3.63) is 210 Å². The van der Waals surface area contributed by atoms with E-state index in [0.29, 0.717) is 0 Å². The van der Waals surface area contributed by atoms with E-state index in [0.717, 1.165) is 28.4 Å². The van der Waals surface area contributed by atoms with Crippen LogP contribution in [0.3, 0.4) is 0 Å². The molecule has 3 heterocycles. The molecule has 0 fully saturated rings. The molecule has 9 aromatic carbocycles. The summed E-state index contributed by atoms with van der Waals surface area (Å²) in [7, 11) is 0. The molecule has 0 amide bonds. The zero-order valence-electron chi connectivity index (χ0n) is 35.1. The van der Waals surface area contributed by atoms with Gasteiger partial charge in [-0.15, -0.1) is 11.3 Å². The van der Waals surface area contributed by atoms with Crippen molar-refractivity contribution in [1.29, 1.82) is 0 Å². The Hall–Kier alpha value is -7.40. The Balaban J connectivity index is 1.03. The molecule has 0 radical (unpaired) electrons. The summed E-state index contributed by atoms with van der Waals surface area (Å²) >= 11 is 1.86. The molecule has 62 heavy (non-hydrogen) atoms. The molecule has 0 N–H and O–H groups in total. The minimum atomic E-state index is 1.09. The van der Waals surface area contributed by atoms with Crippen LogP contribution in [0.1, 0.15) is 22.3 Å². The number of aryl methyl sites for hydroxylation is 4. The largest absolute Gasteiger partial charge is 0.310 e. The fourth-order valence-corrected chi connectivity index (χ4v) is 10.9. The first-order valence-corrected chi connectivity index (χ1v) is 22.2. The number of anilines is 3. The quantitative estimate of drug-likeness (QED) is 0.163. The Morgan fingerprint density at radius 2 is 0.790 bits per heavy atom. The summed E-state index contributed by atoms with van der Waals surface area (Å²) in [6.45, 7) is 8.71. The van der Waals surface area contributed by atoms with Crippen LogP contribution >= 0.6 is 11.3 Å². The maximum Gasteiger partial charge on any atom is 0.0541 e. The first kappa shape index (κ1) is 36.5. The van der Waals surface area contributed by atoms with Crippen molar-refractivity contribution in [3.8, 4) is 22.5 Å². The van der Waals surface area contributed by atoms with Crippen LogP contribution in [-0.2, 0) is 0 Å². The smallest absolute Gasteiger partial charge is 0.0541 e. The second kappa shape index (κ2) is 14.1. The van der Waals surface area contributed by atoms with Crippen LogP contribution in [0, 0.1) is 27.7 Å². The molecule has 3 aromatic heterocycles. The van der Waals surface area contributed by atoms with Gasteiger partial charge in [0.2, 0.25) is 0 Å². The third-order valence-corrected chi connectivity index (χ3v) is 13.9. The van der Waals surface area contributed by atoms with Gasteiger partial charge in [-0.25, -0.2) is 0 Å². The van der Waals surface area contributed by atoms with E-state index in [-0.39, 0.29) is 0 Å². The number of fused-ring (bicyclic) bond motifs is 9. The second-order valence-electron chi connectivity index (χ2n) is 16.9. The summed E-state index contributed by atoms with van der Waals surface area (Å²) in [6.07, 6.45) is 0. The van der Waals surface area contributed by atoms with Crippen LogP contribution in [0.2, 0.25) is 0 Å². The van der Waals surface area contributed by atoms with Gasteiger partial charge in [-0.1, -0.05) is 89.0 Å². The molecule has 296 valence electrons. The SMILES string of the molecule is Cc1ccc2c(c1)c1cc(C)ccc1n2-c1ccc(N(c2ccc(-n3c4ccc(C)cc4c4cc(C)ccc43)cc2)c2ccccc2-c2ccc3sc4ccccc4c3c2)cc1. The van der Waals surface area contributed by atoms with E-state index < -0.39 is 0 Å². The zero-order chi connectivity index (χ0) is 41.6. The van der Waals surface area contributed by atoms with Crippen molar-refractivity contribution in [2.24, 2.45) is 0 Å². The van der Waals surface area contributed by atoms with Gasteiger partial charge in [-0.3, -0.25) is 0 Å². The lowest BCUT2D eigenvalue weighted by Gasteiger charge is -2.28. The van der Waals surface area contributed by atoms with Gasteiger partial charge in [0.05, 0.1) is 27.8 Å². The number of rotatable bonds is 6. The third kappa shape index (κ3) is 5.78. The van der Waals surface area contributed by atoms with Gasteiger partial charge in [-0.2, -0.15) is 0 Å². The van der Waals surface area contributed by atoms with E-state index in [1.54, 1.807) is 0 Å². The van der Waals surface area contributed by atoms with Crippen LogP contribution in [-0.4, -0.2) is 9.13 Å². The average Bonchev–Trinajstić information content (AvgIpc) is 3.93. The molecular weight excluding hydrogens is 771 g/mol. The molecule has 0 aliphatic heterocycles. The minimum Gasteiger partial charge on any atom is -0.310 e. The van der Waals surface area contributed by atoms with Crippen molar-refractivity contribution in [1.82, 2.24) is 9.13 Å². The Bertz CT molecular complexity index is 3440. The van der Waals surface area contributed by atoms with Crippen molar-refractivity contribution in [2.75, 3.05) is 4.90 Å². The van der Waals surface area contributed by atoms with Crippen LogP contribution in [0.4, 0.5) is 17.1 Å². The van der Waals surface area contributed by atoms with Crippen LogP contribution in [0.25, 0.3) is 86.3 Å². The predicted molar refractivity (Wildman–Crippen MR) is 267 cm³/mol. The number of para-hydroxylation sites is 1. The molecule has 0 saturated heterocycles. The normalized spacial score (nSPS) is 11.9. The highest BCUT2D eigenvalue weighted by atomic mass is 32.1. The highest BCUT2D eigenvalue weighted by molar-refractivity contribution is 7.25. The highest BCUT2D eigenvalue weighted by Gasteiger charge is 2.20. The molecule has 0 unspecified atom stereocenters. The first-order chi connectivity index (χ1) is 30.4. The lowest BCUT2D eigenvalue weighted by atomic mass is 9.99. The van der Waals surface area contributed by atoms with E-state index in [9.17, 15) is 0 Å². The summed E-state index contributed by atoms with van der Waals surface area (Å²) in [4.78, 5) is 2.43. The van der Waals surface area contributed by atoms with E-state index in [1.807, 2.05) is 11.3 Å². The number of benzene rings is 9. The standard InChI is InChI=1S/C58H43N3S/c1-36-13-26-53-47(31-36)48-32-37(2)14-27-54(48)60(53)43-22-18-41(19-23-43)59(52-11-7-5-9-45(52)40-17-30-58-51(35-40)46-10-6-8-12-57(46)62-58)42-20-24-44(25-21-42)61-55-28-15-38(3)33-49(55)50-34-39(4)16-29-56(50)61/h5-35H,1-4H3. The molecule has 0 spiro atoms. The van der Waals surface area contributed by atoms with Crippen LogP contribution in [0.5, 0.6) is 0 Å². The van der Waals surface area contributed by atoms with E-state index in [1.165, 1.54) is 97.2 Å². The maximum absolute atomic E-state index is 2.43. The van der Waals surface area contributed by atoms with Crippen LogP contribution < -0.4 is 4.90 Å². The van der Waals surface area contributed by atoms with E-state index in [2.05, 4.69) is 230 Å². The lowest BCUT2D eigenvalue weighted by Crippen LogP contribution is -2.11. The Labute approximate surface area is 365 Å². The predicted octanol–water partition coefficient (Wildman–Crippen LogP) is 16.6. The molecule has 12 aromatic rings. The minimum absolute atomic E-state index is 1.09. The zero-order valence-corrected chi connectivity index (χ0v) is 36.0. The number of aromatic nitrogens is 2. The molecule has 0 aliphatic carbocycles. The van der Waals surface area contributed by atoms with E-state index >= 15 is 0 Å². The maximum atomic E-state index is 2.43. The number of hydrogen-bond donors (Lipinski definition) is 0. The van der Waals surface area contributed by atoms with Crippen LogP contribution in [0.15, 0.2) is 188 Å². The summed E-state index contributed by atoms with van der Waals surface area (Å²) in [5.41, 5.74) is 17.9. The fraction of sp³-hybridized carbons (Fsp3) is 0.0690. The fourth-order valence-electron chi connectivity index (χ4n) is 9.79. The molecule has 0 atom stereocenters. The Morgan fingerprint density at radius 1 is 0.355 bits per heavy atom. The Morgan fingerprint density at radius 3 is 1.29 bits per heavy atom. The molecule has 0 bridgehead atoms. The van der Waals surface area contributed by atoms with Gasteiger partial charge in [-0.05, 0) is 155 Å². The van der Waals surface area contributed by atoms with Crippen molar-refractivity contribution < 1.29 is 0 Å². The highest BCUT2D eigenvalue weighted by Crippen LogP contribution is 2.44. The summed E-state index contributed by atoms with van der Waals surface area (Å²) in [6, 6.07) is 70.1. The molecule has 4 heteroatoms. The second-order valence-corrected chi connectivity index (χ2v) is 18.0. The first-order valence-electron chi connectivity index (χ1n) is 21.4. The topological polar surface area (TPSA) is 13.1 Å². The molecule has 0 aliphatic rings. The van der Waals surface area contributed by atoms with Gasteiger partial charge in [0.15, 0.2) is 0 Å². The molecular formula is C58H43N3S. The summed E-state index contributed by atoms with van der Waals surface area (Å²) < 4.78 is 7.45.